The molecule has 0 amide bonds. The molecule has 54 valence electrons. The van der Waals surface area contributed by atoms with E-state index in [1.165, 1.54) is 7.11 Å². The zero-order valence-electron chi connectivity index (χ0n) is 5.55. The molecular weight excluding hydrogens is 132 g/mol. The zero-order chi connectivity index (χ0) is 7.56. The normalized spacial score (nSPS) is 9.30. The van der Waals surface area contributed by atoms with Gasteiger partial charge in [0.15, 0.2) is 0 Å². The fraction of sp³-hybridized carbons (Fsp3) is 0.167. The number of aromatic amines is 1. The maximum absolute atomic E-state index is 10.8. The molecule has 0 fully saturated rings. The van der Waals surface area contributed by atoms with E-state index in [0.29, 0.717) is 11.4 Å². The summed E-state index contributed by atoms with van der Waals surface area (Å²) in [5, 5.41) is 0. The molecule has 0 spiro atoms. The van der Waals surface area contributed by atoms with Gasteiger partial charge in [-0.05, 0) is 6.07 Å². The Morgan fingerprint density at radius 2 is 2.50 bits per heavy atom. The Morgan fingerprint density at radius 1 is 1.80 bits per heavy atom. The molecule has 1 aromatic heterocycles. The van der Waals surface area contributed by atoms with Crippen LogP contribution in [-0.2, 0) is 4.74 Å². The predicted octanol–water partition coefficient (Wildman–Crippen LogP) is 0.384. The molecule has 0 saturated heterocycles. The third-order valence-electron chi connectivity index (χ3n) is 1.18. The van der Waals surface area contributed by atoms with Gasteiger partial charge in [0.25, 0.3) is 0 Å². The highest BCUT2D eigenvalue weighted by atomic mass is 16.5. The zero-order valence-corrected chi connectivity index (χ0v) is 5.55. The monoisotopic (exact) mass is 140 g/mol. The smallest absolute Gasteiger partial charge is 0.341 e. The van der Waals surface area contributed by atoms with Crippen LogP contribution >= 0.6 is 0 Å². The van der Waals surface area contributed by atoms with Crippen molar-refractivity contribution in [2.24, 2.45) is 0 Å². The number of esters is 1. The molecule has 0 bridgehead atoms. The lowest BCUT2D eigenvalue weighted by molar-refractivity contribution is 0.0602. The maximum Gasteiger partial charge on any atom is 0.341 e. The van der Waals surface area contributed by atoms with Gasteiger partial charge < -0.3 is 15.5 Å². The van der Waals surface area contributed by atoms with E-state index in [9.17, 15) is 4.79 Å². The summed E-state index contributed by atoms with van der Waals surface area (Å²) in [4.78, 5) is 13.4. The van der Waals surface area contributed by atoms with Crippen molar-refractivity contribution in [3.8, 4) is 0 Å². The van der Waals surface area contributed by atoms with Gasteiger partial charge in [0.1, 0.15) is 11.4 Å². The lowest BCUT2D eigenvalue weighted by Crippen LogP contribution is -2.02. The van der Waals surface area contributed by atoms with Crippen LogP contribution in [-0.4, -0.2) is 18.1 Å². The van der Waals surface area contributed by atoms with E-state index in [1.54, 1.807) is 12.3 Å². The number of nitrogen functional groups attached to an aromatic ring is 1. The summed E-state index contributed by atoms with van der Waals surface area (Å²) in [6, 6.07) is 1.57. The number of hydrogen-bond donors (Lipinski definition) is 2. The predicted molar refractivity (Wildman–Crippen MR) is 36.5 cm³/mol. The van der Waals surface area contributed by atoms with Crippen molar-refractivity contribution in [1.29, 1.82) is 0 Å². The molecule has 1 aromatic rings. The fourth-order valence-corrected chi connectivity index (χ4v) is 0.670. The van der Waals surface area contributed by atoms with Gasteiger partial charge in [0, 0.05) is 6.20 Å². The first-order valence-electron chi connectivity index (χ1n) is 2.77. The van der Waals surface area contributed by atoms with Gasteiger partial charge >= 0.3 is 5.97 Å². The van der Waals surface area contributed by atoms with Crippen molar-refractivity contribution in [3.63, 3.8) is 0 Å². The van der Waals surface area contributed by atoms with Crippen molar-refractivity contribution in [1.82, 2.24) is 4.98 Å². The summed E-state index contributed by atoms with van der Waals surface area (Å²) in [5.41, 5.74) is 5.74. The number of methoxy groups -OCH3 is 1. The molecule has 0 saturated carbocycles. The topological polar surface area (TPSA) is 68.1 Å². The molecule has 4 nitrogen and oxygen atoms in total. The lowest BCUT2D eigenvalue weighted by Gasteiger charge is -1.94. The van der Waals surface area contributed by atoms with Crippen molar-refractivity contribution in [2.45, 2.75) is 0 Å². The van der Waals surface area contributed by atoms with Gasteiger partial charge in [-0.2, -0.15) is 0 Å². The van der Waals surface area contributed by atoms with Gasteiger partial charge in [-0.1, -0.05) is 0 Å². The second-order valence-corrected chi connectivity index (χ2v) is 1.80. The Balaban J connectivity index is 2.93. The van der Waals surface area contributed by atoms with Crippen LogP contribution in [0.2, 0.25) is 0 Å². The van der Waals surface area contributed by atoms with Crippen molar-refractivity contribution >= 4 is 11.8 Å². The van der Waals surface area contributed by atoms with E-state index in [4.69, 9.17) is 5.73 Å². The van der Waals surface area contributed by atoms with E-state index in [1.807, 2.05) is 0 Å². The molecule has 0 radical (unpaired) electrons. The molecule has 0 aromatic carbocycles. The Labute approximate surface area is 58.0 Å². The number of hydrogen-bond acceptors (Lipinski definition) is 3. The van der Waals surface area contributed by atoms with Crippen molar-refractivity contribution in [3.05, 3.63) is 17.8 Å². The maximum atomic E-state index is 10.8. The fourth-order valence-electron chi connectivity index (χ4n) is 0.670. The number of rotatable bonds is 1. The van der Waals surface area contributed by atoms with E-state index in [2.05, 4.69) is 9.72 Å². The molecular formula is C6H8N2O2. The van der Waals surface area contributed by atoms with Gasteiger partial charge in [-0.15, -0.1) is 0 Å². The number of anilines is 1. The van der Waals surface area contributed by atoms with Gasteiger partial charge in [-0.25, -0.2) is 4.79 Å². The molecule has 3 N–H and O–H groups in total. The highest BCUT2D eigenvalue weighted by molar-refractivity contribution is 5.94. The average Bonchev–Trinajstić information content (AvgIpc) is 2.34. The van der Waals surface area contributed by atoms with Crippen LogP contribution in [0.4, 0.5) is 5.82 Å². The van der Waals surface area contributed by atoms with Crippen LogP contribution in [0.5, 0.6) is 0 Å². The number of H-pyrrole nitrogens is 1. The minimum Gasteiger partial charge on any atom is -0.465 e. The highest BCUT2D eigenvalue weighted by Crippen LogP contribution is 2.08. The van der Waals surface area contributed by atoms with E-state index < -0.39 is 5.97 Å². The summed E-state index contributed by atoms with van der Waals surface area (Å²) in [5.74, 6) is -0.0781. The van der Waals surface area contributed by atoms with Crippen LogP contribution < -0.4 is 5.73 Å². The summed E-state index contributed by atoms with van der Waals surface area (Å²) in [6.45, 7) is 0. The van der Waals surface area contributed by atoms with E-state index in [0.717, 1.165) is 0 Å². The Hall–Kier alpha value is -1.45. The highest BCUT2D eigenvalue weighted by Gasteiger charge is 2.08. The molecule has 4 heteroatoms. The van der Waals surface area contributed by atoms with Gasteiger partial charge in [0.2, 0.25) is 0 Å². The quantitative estimate of drug-likeness (QED) is 0.554. The number of nitrogens with two attached hydrogens (primary N) is 1. The second kappa shape index (κ2) is 2.43. The lowest BCUT2D eigenvalue weighted by atomic mass is 10.3. The summed E-state index contributed by atoms with van der Waals surface area (Å²) in [6.07, 6.45) is 1.58. The van der Waals surface area contributed by atoms with Crippen molar-refractivity contribution < 1.29 is 9.53 Å². The van der Waals surface area contributed by atoms with Gasteiger partial charge in [-0.3, -0.25) is 0 Å². The first kappa shape index (κ1) is 6.67. The van der Waals surface area contributed by atoms with Crippen molar-refractivity contribution in [2.75, 3.05) is 12.8 Å². The number of carbonyl (C=O) groups is 1. The molecule has 0 aliphatic carbocycles. The molecule has 1 heterocycles. The van der Waals surface area contributed by atoms with Crippen LogP contribution in [0.3, 0.4) is 0 Å². The molecule has 0 aliphatic heterocycles. The molecule has 1 rings (SSSR count). The number of nitrogens with one attached hydrogen (secondary N) is 1. The standard InChI is InChI=1S/C6H8N2O2/c1-10-6(9)4-2-3-8-5(4)7/h2-3,8H,7H2,1H3. The summed E-state index contributed by atoms with van der Waals surface area (Å²) in [7, 11) is 1.31. The Morgan fingerprint density at radius 3 is 2.90 bits per heavy atom. The average molecular weight is 140 g/mol. The molecule has 0 atom stereocenters. The van der Waals surface area contributed by atoms with Gasteiger partial charge in [0.05, 0.1) is 7.11 Å². The first-order valence-corrected chi connectivity index (χ1v) is 2.77. The summed E-state index contributed by atoms with van der Waals surface area (Å²) >= 11 is 0. The van der Waals surface area contributed by atoms with Crippen LogP contribution in [0.25, 0.3) is 0 Å². The van der Waals surface area contributed by atoms with E-state index >= 15 is 0 Å². The van der Waals surface area contributed by atoms with Crippen LogP contribution in [0.15, 0.2) is 12.3 Å². The minimum absolute atomic E-state index is 0.340. The number of aromatic nitrogens is 1. The van der Waals surface area contributed by atoms with Crippen LogP contribution in [0, 0.1) is 0 Å². The molecule has 0 aliphatic rings. The third kappa shape index (κ3) is 0.953. The Bertz CT molecular complexity index is 242. The number of ether oxygens (including phenoxy) is 1. The van der Waals surface area contributed by atoms with Crippen LogP contribution in [0.1, 0.15) is 10.4 Å². The molecule has 0 unspecified atom stereocenters. The Kier molecular flexibility index (Phi) is 1.62. The van der Waals surface area contributed by atoms with E-state index in [-0.39, 0.29) is 0 Å². The SMILES string of the molecule is COC(=O)c1cc[nH]c1N. The molecule has 10 heavy (non-hydrogen) atoms. The first-order chi connectivity index (χ1) is 4.75. The summed E-state index contributed by atoms with van der Waals surface area (Å²) < 4.78 is 4.44. The minimum atomic E-state index is -0.418. The number of carbonyl (C=O) groups excluding carboxylic acids is 1. The second-order valence-electron chi connectivity index (χ2n) is 1.80. The third-order valence-corrected chi connectivity index (χ3v) is 1.18. The largest absolute Gasteiger partial charge is 0.465 e.